The zero-order valence-electron chi connectivity index (χ0n) is 10.6. The number of methoxy groups -OCH3 is 1. The Hall–Kier alpha value is -1.67. The lowest BCUT2D eigenvalue weighted by atomic mass is 10.1. The van der Waals surface area contributed by atoms with Crippen LogP contribution in [-0.4, -0.2) is 16.5 Å². The molecule has 0 aliphatic rings. The van der Waals surface area contributed by atoms with Crippen molar-refractivity contribution in [3.05, 3.63) is 41.2 Å². The molecule has 1 heterocycles. The molecule has 0 spiro atoms. The molecule has 0 amide bonds. The summed E-state index contributed by atoms with van der Waals surface area (Å²) in [6.07, 6.45) is -4.36. The summed E-state index contributed by atoms with van der Waals surface area (Å²) in [6, 6.07) is 5.44. The van der Waals surface area contributed by atoms with E-state index in [2.05, 4.69) is 14.7 Å². The average molecular weight is 303 g/mol. The Balaban J connectivity index is 2.07. The van der Waals surface area contributed by atoms with E-state index < -0.39 is 11.7 Å². The molecule has 20 heavy (non-hydrogen) atoms. The highest BCUT2D eigenvalue weighted by Crippen LogP contribution is 2.32. The van der Waals surface area contributed by atoms with Gasteiger partial charge >= 0.3 is 6.18 Å². The van der Waals surface area contributed by atoms with Crippen LogP contribution >= 0.6 is 11.5 Å². The number of hydrogen-bond donors (Lipinski definition) is 1. The number of ether oxygens (including phenoxy) is 1. The Morgan fingerprint density at radius 2 is 2.05 bits per heavy atom. The van der Waals surface area contributed by atoms with E-state index in [1.54, 1.807) is 6.07 Å². The first-order chi connectivity index (χ1) is 9.50. The highest BCUT2D eigenvalue weighted by atomic mass is 32.1. The zero-order valence-corrected chi connectivity index (χ0v) is 11.4. The van der Waals surface area contributed by atoms with Crippen molar-refractivity contribution in [3.8, 4) is 0 Å². The molecular weight excluding hydrogens is 291 g/mol. The molecule has 0 saturated carbocycles. The van der Waals surface area contributed by atoms with Crippen LogP contribution < -0.4 is 5.32 Å². The lowest BCUT2D eigenvalue weighted by Gasteiger charge is -2.12. The molecule has 1 aromatic carbocycles. The van der Waals surface area contributed by atoms with Crippen molar-refractivity contribution < 1.29 is 17.9 Å². The first-order valence-corrected chi connectivity index (χ1v) is 6.48. The first kappa shape index (κ1) is 14.7. The van der Waals surface area contributed by atoms with E-state index in [0.717, 1.165) is 17.6 Å². The normalized spacial score (nSPS) is 11.6. The molecule has 2 rings (SSSR count). The summed E-state index contributed by atoms with van der Waals surface area (Å²) in [6.45, 7) is 0.314. The second-order valence-electron chi connectivity index (χ2n) is 3.96. The standard InChI is InChI=1S/C12H12F3N3OS/c1-19-7-10-17-11(20-18-10)16-6-8-4-2-3-5-9(8)12(13,14)15/h2-5H,6-7H2,1H3,(H,16,17,18). The molecule has 0 radical (unpaired) electrons. The zero-order chi connectivity index (χ0) is 14.6. The van der Waals surface area contributed by atoms with Gasteiger partial charge in [0.2, 0.25) is 5.13 Å². The molecule has 0 unspecified atom stereocenters. The van der Waals surface area contributed by atoms with Crippen LogP contribution in [0.1, 0.15) is 17.0 Å². The van der Waals surface area contributed by atoms with Crippen LogP contribution in [0.25, 0.3) is 0 Å². The first-order valence-electron chi connectivity index (χ1n) is 5.71. The van der Waals surface area contributed by atoms with Gasteiger partial charge in [0.25, 0.3) is 0 Å². The predicted molar refractivity (Wildman–Crippen MR) is 69.4 cm³/mol. The van der Waals surface area contributed by atoms with Crippen molar-refractivity contribution in [2.24, 2.45) is 0 Å². The van der Waals surface area contributed by atoms with E-state index in [4.69, 9.17) is 4.74 Å². The van der Waals surface area contributed by atoms with Crippen molar-refractivity contribution in [1.29, 1.82) is 0 Å². The maximum absolute atomic E-state index is 12.8. The number of nitrogens with one attached hydrogen (secondary N) is 1. The summed E-state index contributed by atoms with van der Waals surface area (Å²) in [7, 11) is 1.52. The second-order valence-corrected chi connectivity index (χ2v) is 4.71. The highest BCUT2D eigenvalue weighted by molar-refractivity contribution is 7.09. The van der Waals surface area contributed by atoms with Crippen molar-refractivity contribution in [2.75, 3.05) is 12.4 Å². The summed E-state index contributed by atoms with van der Waals surface area (Å²) in [5, 5.41) is 3.31. The molecule has 108 valence electrons. The smallest absolute Gasteiger partial charge is 0.377 e. The van der Waals surface area contributed by atoms with Gasteiger partial charge in [0.1, 0.15) is 6.61 Å². The molecule has 0 aliphatic carbocycles. The monoisotopic (exact) mass is 303 g/mol. The van der Waals surface area contributed by atoms with Crippen LogP contribution in [0.5, 0.6) is 0 Å². The Labute approximate surface area is 117 Å². The summed E-state index contributed by atoms with van der Waals surface area (Å²) in [4.78, 5) is 4.10. The third-order valence-corrected chi connectivity index (χ3v) is 3.20. The van der Waals surface area contributed by atoms with E-state index in [-0.39, 0.29) is 18.7 Å². The fourth-order valence-electron chi connectivity index (χ4n) is 1.64. The minimum Gasteiger partial charge on any atom is -0.377 e. The van der Waals surface area contributed by atoms with Crippen LogP contribution in [0.15, 0.2) is 24.3 Å². The van der Waals surface area contributed by atoms with E-state index in [0.29, 0.717) is 11.0 Å². The van der Waals surface area contributed by atoms with E-state index in [9.17, 15) is 13.2 Å². The van der Waals surface area contributed by atoms with Crippen LogP contribution in [-0.2, 0) is 24.1 Å². The highest BCUT2D eigenvalue weighted by Gasteiger charge is 2.32. The Morgan fingerprint density at radius 1 is 1.30 bits per heavy atom. The van der Waals surface area contributed by atoms with Gasteiger partial charge in [-0.15, -0.1) is 0 Å². The van der Waals surface area contributed by atoms with Crippen molar-refractivity contribution in [3.63, 3.8) is 0 Å². The molecule has 0 aliphatic heterocycles. The lowest BCUT2D eigenvalue weighted by molar-refractivity contribution is -0.138. The van der Waals surface area contributed by atoms with Gasteiger partial charge in [-0.3, -0.25) is 0 Å². The predicted octanol–water partition coefficient (Wildman–Crippen LogP) is 3.32. The number of hydrogen-bond acceptors (Lipinski definition) is 5. The quantitative estimate of drug-likeness (QED) is 0.920. The van der Waals surface area contributed by atoms with E-state index >= 15 is 0 Å². The summed E-state index contributed by atoms with van der Waals surface area (Å²) >= 11 is 1.09. The molecule has 0 saturated heterocycles. The molecule has 8 heteroatoms. The average Bonchev–Trinajstić information content (AvgIpc) is 2.84. The summed E-state index contributed by atoms with van der Waals surface area (Å²) in [5.41, 5.74) is -0.474. The molecular formula is C12H12F3N3OS. The molecule has 1 aromatic heterocycles. The minimum atomic E-state index is -4.36. The number of rotatable bonds is 5. The number of benzene rings is 1. The molecule has 0 bridgehead atoms. The van der Waals surface area contributed by atoms with Gasteiger partial charge in [0, 0.05) is 25.2 Å². The molecule has 1 N–H and O–H groups in total. The fourth-order valence-corrected chi connectivity index (χ4v) is 2.20. The summed E-state index contributed by atoms with van der Waals surface area (Å²) < 4.78 is 47.3. The van der Waals surface area contributed by atoms with Crippen LogP contribution in [0, 0.1) is 0 Å². The number of nitrogens with zero attached hydrogens (tertiary/aromatic N) is 2. The van der Waals surface area contributed by atoms with E-state index in [1.807, 2.05) is 0 Å². The van der Waals surface area contributed by atoms with Crippen LogP contribution in [0.2, 0.25) is 0 Å². The van der Waals surface area contributed by atoms with Gasteiger partial charge in [-0.25, -0.2) is 4.98 Å². The minimum absolute atomic E-state index is 0.0390. The van der Waals surface area contributed by atoms with Gasteiger partial charge < -0.3 is 10.1 Å². The Bertz CT molecular complexity index is 571. The molecule has 2 aromatic rings. The SMILES string of the molecule is COCc1nsc(NCc2ccccc2C(F)(F)F)n1. The number of anilines is 1. The molecule has 0 atom stereocenters. The largest absolute Gasteiger partial charge is 0.416 e. The van der Waals surface area contributed by atoms with Gasteiger partial charge in [0.05, 0.1) is 5.56 Å². The Kier molecular flexibility index (Phi) is 4.56. The molecule has 0 fully saturated rings. The second kappa shape index (κ2) is 6.19. The topological polar surface area (TPSA) is 47.0 Å². The lowest BCUT2D eigenvalue weighted by Crippen LogP contribution is -2.11. The summed E-state index contributed by atoms with van der Waals surface area (Å²) in [5.74, 6) is 0.504. The molecule has 4 nitrogen and oxygen atoms in total. The number of halogens is 3. The van der Waals surface area contributed by atoms with Crippen molar-refractivity contribution in [2.45, 2.75) is 19.3 Å². The van der Waals surface area contributed by atoms with Crippen molar-refractivity contribution >= 4 is 16.7 Å². The fraction of sp³-hybridized carbons (Fsp3) is 0.333. The van der Waals surface area contributed by atoms with Crippen LogP contribution in [0.4, 0.5) is 18.3 Å². The van der Waals surface area contributed by atoms with Gasteiger partial charge in [-0.2, -0.15) is 17.5 Å². The third kappa shape index (κ3) is 3.67. The maximum Gasteiger partial charge on any atom is 0.416 e. The Morgan fingerprint density at radius 3 is 2.75 bits per heavy atom. The van der Waals surface area contributed by atoms with Crippen LogP contribution in [0.3, 0.4) is 0 Å². The van der Waals surface area contributed by atoms with Crippen molar-refractivity contribution in [1.82, 2.24) is 9.36 Å². The van der Waals surface area contributed by atoms with Gasteiger partial charge in [-0.05, 0) is 11.6 Å². The third-order valence-electron chi connectivity index (χ3n) is 2.49. The maximum atomic E-state index is 12.8. The van der Waals surface area contributed by atoms with Gasteiger partial charge in [-0.1, -0.05) is 18.2 Å². The van der Waals surface area contributed by atoms with E-state index in [1.165, 1.54) is 19.2 Å². The number of aromatic nitrogens is 2. The van der Waals surface area contributed by atoms with Gasteiger partial charge in [0.15, 0.2) is 5.82 Å². The number of alkyl halides is 3.